The van der Waals surface area contributed by atoms with E-state index in [0.717, 1.165) is 26.2 Å². The summed E-state index contributed by atoms with van der Waals surface area (Å²) in [5.41, 5.74) is 0.796. The Balaban J connectivity index is 2.32. The number of cyclic esters (lactones) is 1. The van der Waals surface area contributed by atoms with Gasteiger partial charge in [-0.15, -0.1) is 0 Å². The molecule has 0 unspecified atom stereocenters. The molecule has 2 aliphatic rings. The molecular formula is C72H124N12O15. The minimum Gasteiger partial charge on any atom is -0.450 e. The number of nitrogens with zero attached hydrogens (tertiary/aromatic N) is 8. The molecule has 562 valence electrons. The highest BCUT2D eigenvalue weighted by Crippen LogP contribution is 2.26. The van der Waals surface area contributed by atoms with Crippen LogP contribution < -0.4 is 26.2 Å². The molecule has 0 radical (unpaired) electrons. The molecule has 1 aromatic heterocycles. The second kappa shape index (κ2) is 39.9. The number of aliphatic hydroxyl groups excluding tert-OH is 2. The maximum absolute atomic E-state index is 15.5. The second-order valence-electron chi connectivity index (χ2n) is 30.5. The Labute approximate surface area is 589 Å². The number of amides is 10. The predicted octanol–water partition coefficient (Wildman–Crippen LogP) is 3.64. The van der Waals surface area contributed by atoms with Crippen LogP contribution in [0.15, 0.2) is 18.2 Å². The number of aliphatic hydroxyl groups is 2. The number of pyridine rings is 1. The number of nitrogens with one attached hydrogen (secondary N) is 4. The molecule has 3 heterocycles. The van der Waals surface area contributed by atoms with Crippen molar-refractivity contribution >= 4 is 70.9 Å². The van der Waals surface area contributed by atoms with Crippen LogP contribution in [0, 0.1) is 47.3 Å². The fourth-order valence-corrected chi connectivity index (χ4v) is 12.7. The molecule has 27 heteroatoms. The Bertz CT molecular complexity index is 2860. The lowest BCUT2D eigenvalue weighted by Gasteiger charge is -2.40. The minimum atomic E-state index is -1.78. The first-order valence-electron chi connectivity index (χ1n) is 35.7. The number of rotatable bonds is 20. The Morgan fingerprint density at radius 3 is 1.43 bits per heavy atom. The van der Waals surface area contributed by atoms with Gasteiger partial charge < -0.3 is 75.3 Å². The normalized spacial score (nSPS) is 25.9. The van der Waals surface area contributed by atoms with Crippen molar-refractivity contribution < 1.29 is 72.4 Å². The van der Waals surface area contributed by atoms with E-state index in [-0.39, 0.29) is 61.7 Å². The minimum absolute atomic E-state index is 0.0685. The molecule has 6 N–H and O–H groups in total. The number of esters is 1. The lowest BCUT2D eigenvalue weighted by atomic mass is 9.90. The first-order chi connectivity index (χ1) is 46.0. The van der Waals surface area contributed by atoms with Gasteiger partial charge >= 0.3 is 5.97 Å². The summed E-state index contributed by atoms with van der Waals surface area (Å²) in [6.45, 7) is 31.3. The zero-order valence-electron chi connectivity index (χ0n) is 63.8. The molecule has 13 atom stereocenters. The van der Waals surface area contributed by atoms with Crippen LogP contribution in [0.4, 0.5) is 5.82 Å². The smallest absolute Gasteiger partial charge is 0.329 e. The highest BCUT2D eigenvalue weighted by molar-refractivity contribution is 5.99. The van der Waals surface area contributed by atoms with E-state index in [1.807, 2.05) is 87.4 Å². The molecule has 1 aromatic rings. The van der Waals surface area contributed by atoms with Crippen LogP contribution in [0.2, 0.25) is 0 Å². The highest BCUT2D eigenvalue weighted by atomic mass is 16.6. The number of aromatic nitrogens is 1. The van der Waals surface area contributed by atoms with Crippen molar-refractivity contribution in [3.8, 4) is 0 Å². The number of carbonyl (C=O) groups excluding carboxylic acids is 11. The van der Waals surface area contributed by atoms with Crippen LogP contribution >= 0.6 is 0 Å². The second-order valence-corrected chi connectivity index (χ2v) is 30.5. The number of anilines is 1. The summed E-state index contributed by atoms with van der Waals surface area (Å²) in [5, 5.41) is 35.0. The molecule has 2 fully saturated rings. The van der Waals surface area contributed by atoms with Crippen LogP contribution in [-0.2, 0) is 68.6 Å². The molecule has 10 amide bonds. The lowest BCUT2D eigenvalue weighted by Crippen LogP contribution is -2.64. The number of morpholine rings is 1. The van der Waals surface area contributed by atoms with Crippen LogP contribution in [0.3, 0.4) is 0 Å². The van der Waals surface area contributed by atoms with E-state index in [9.17, 15) is 48.6 Å². The molecule has 0 aromatic carbocycles. The first kappa shape index (κ1) is 86.2. The van der Waals surface area contributed by atoms with Gasteiger partial charge in [-0.05, 0) is 125 Å². The van der Waals surface area contributed by atoms with E-state index < -0.39 is 162 Å². The number of carbonyl (C=O) groups is 11. The Kier molecular flexibility index (Phi) is 34.7. The summed E-state index contributed by atoms with van der Waals surface area (Å²) in [6.07, 6.45) is -2.96. The van der Waals surface area contributed by atoms with Gasteiger partial charge in [0, 0.05) is 61.1 Å². The average Bonchev–Trinajstić information content (AvgIpc) is 0.813. The number of likely N-dealkylation sites (N-methyl/N-ethyl adjacent to an activating group) is 6. The summed E-state index contributed by atoms with van der Waals surface area (Å²) >= 11 is 0. The molecule has 99 heavy (non-hydrogen) atoms. The summed E-state index contributed by atoms with van der Waals surface area (Å²) in [5.74, 6) is -10.9. The molecule has 0 spiro atoms. The van der Waals surface area contributed by atoms with Gasteiger partial charge in [-0.25, -0.2) is 9.78 Å². The maximum atomic E-state index is 15.5. The summed E-state index contributed by atoms with van der Waals surface area (Å²) in [4.78, 5) is 177. The SMILES string of the molecule is CC(C)C[C@@H]1NC(=O)[C@H](CC(C)C)N(C)C(=O)[C@@H](C(C)C)OC(=O)[C@H](C)NC(=O)[C@H](CC(C)C)N(C)C(=O)[C@H](CC(C)C)NC(=O)[C@H](CC(C)C)N(C)C(=O)CN(C)C(=O)[C@H]([C@@H](C)O)NC(=O)[C@H]([C@H](O)[C@H](C)CCCc2cccc(N3CCOCC3)n2)N(C)C(=O)[C@H](C(C)C)N(C)C1=O. The van der Waals surface area contributed by atoms with E-state index in [0.29, 0.717) is 45.6 Å². The highest BCUT2D eigenvalue weighted by Gasteiger charge is 2.46. The number of ether oxygens (including phenoxy) is 2. The zero-order chi connectivity index (χ0) is 75.4. The molecular weight excluding hydrogens is 1270 g/mol. The number of aryl methyl sites for hydroxylation is 1. The van der Waals surface area contributed by atoms with Gasteiger partial charge in [0.05, 0.1) is 32.0 Å². The average molecular weight is 1400 g/mol. The molecule has 0 bridgehead atoms. The third kappa shape index (κ3) is 25.2. The van der Waals surface area contributed by atoms with Gasteiger partial charge in [-0.2, -0.15) is 0 Å². The van der Waals surface area contributed by atoms with Gasteiger partial charge in [0.15, 0.2) is 6.10 Å². The predicted molar refractivity (Wildman–Crippen MR) is 378 cm³/mol. The number of hydrogen-bond acceptors (Lipinski definition) is 17. The van der Waals surface area contributed by atoms with Crippen molar-refractivity contribution in [1.29, 1.82) is 0 Å². The standard InChI is InChI=1S/C72H124N12O15/c1-40(2)34-51-67(92)80(20)54(37-43(7)8)63(88)73-48(16)72(97)99-62(46(13)14)71(96)81(21)55(38-44(9)10)65(90)76-52(35-41(3)4)68(93)82(22)59(45(11)12)70(95)83(23)60(61(87)47(15)26-24-27-50-28-25-29-56(74-50)84-30-32-98-33-31-84)66(91)77-58(49(17)85)69(94)78(18)39-57(86)79(19)53(36-42(5)6)64(89)75-51/h25,28-29,40-49,51-55,58-62,85,87H,24,26-27,30-39H2,1-23H3,(H,73,88)(H,75,89)(H,76,90)(H,77,91)/t47-,48+,49-,51+,52+,53+,54+,55+,58+,59+,60+,61-,62-/m1/s1. The zero-order valence-corrected chi connectivity index (χ0v) is 63.8. The first-order valence-corrected chi connectivity index (χ1v) is 35.7. The fraction of sp³-hybridized carbons (Fsp3) is 0.778. The molecule has 3 rings (SSSR count). The Morgan fingerprint density at radius 2 is 0.970 bits per heavy atom. The van der Waals surface area contributed by atoms with Crippen LogP contribution in [0.1, 0.15) is 168 Å². The Morgan fingerprint density at radius 1 is 0.515 bits per heavy atom. The van der Waals surface area contributed by atoms with Crippen molar-refractivity contribution in [3.05, 3.63) is 23.9 Å². The number of hydrogen-bond donors (Lipinski definition) is 6. The van der Waals surface area contributed by atoms with E-state index in [1.165, 1.54) is 70.8 Å². The van der Waals surface area contributed by atoms with Gasteiger partial charge in [-0.3, -0.25) is 47.9 Å². The van der Waals surface area contributed by atoms with Crippen molar-refractivity contribution in [2.75, 3.05) is 80.0 Å². The summed E-state index contributed by atoms with van der Waals surface area (Å²) < 4.78 is 11.5. The molecule has 0 saturated carbocycles. The quantitative estimate of drug-likeness (QED) is 0.102. The van der Waals surface area contributed by atoms with Gasteiger partial charge in [0.2, 0.25) is 53.2 Å². The molecule has 27 nitrogen and oxygen atoms in total. The largest absolute Gasteiger partial charge is 0.450 e. The van der Waals surface area contributed by atoms with Crippen molar-refractivity contribution in [2.24, 2.45) is 47.3 Å². The van der Waals surface area contributed by atoms with Crippen molar-refractivity contribution in [3.63, 3.8) is 0 Å². The monoisotopic (exact) mass is 1400 g/mol. The van der Waals surface area contributed by atoms with E-state index in [4.69, 9.17) is 14.5 Å². The molecule has 0 aliphatic carbocycles. The maximum Gasteiger partial charge on any atom is 0.329 e. The lowest BCUT2D eigenvalue weighted by molar-refractivity contribution is -0.166. The van der Waals surface area contributed by atoms with E-state index in [2.05, 4.69) is 26.2 Å². The van der Waals surface area contributed by atoms with Crippen LogP contribution in [-0.4, -0.2) is 257 Å². The van der Waals surface area contributed by atoms with Gasteiger partial charge in [-0.1, -0.05) is 110 Å². The van der Waals surface area contributed by atoms with Crippen LogP contribution in [0.25, 0.3) is 0 Å². The molecule has 2 saturated heterocycles. The Hall–Kier alpha value is -7.00. The van der Waals surface area contributed by atoms with Crippen molar-refractivity contribution in [2.45, 2.75) is 242 Å². The topological polar surface area (TPSA) is 330 Å². The fourth-order valence-electron chi connectivity index (χ4n) is 12.7. The van der Waals surface area contributed by atoms with Gasteiger partial charge in [0.1, 0.15) is 60.2 Å². The summed E-state index contributed by atoms with van der Waals surface area (Å²) in [7, 11) is 8.17. The molecule has 2 aliphatic heterocycles. The van der Waals surface area contributed by atoms with E-state index >= 15 is 14.4 Å². The van der Waals surface area contributed by atoms with Crippen molar-refractivity contribution in [1.82, 2.24) is 55.7 Å². The van der Waals surface area contributed by atoms with E-state index in [1.54, 1.807) is 34.6 Å². The van der Waals surface area contributed by atoms with Gasteiger partial charge in [0.25, 0.3) is 5.91 Å². The van der Waals surface area contributed by atoms with Crippen LogP contribution in [0.5, 0.6) is 0 Å². The summed E-state index contributed by atoms with van der Waals surface area (Å²) in [6, 6.07) is -6.66. The third-order valence-corrected chi connectivity index (χ3v) is 18.5. The third-order valence-electron chi connectivity index (χ3n) is 18.5.